The molecule has 0 atom stereocenters. The minimum absolute atomic E-state index is 1.12. The maximum Gasteiger partial charge on any atom is 0.0250 e. The smallest absolute Gasteiger partial charge is 0.0250 e. The molecule has 0 unspecified atom stereocenters. The number of benzene rings is 1. The third-order valence-electron chi connectivity index (χ3n) is 3.81. The van der Waals surface area contributed by atoms with Crippen LogP contribution in [0.5, 0.6) is 0 Å². The quantitative estimate of drug-likeness (QED) is 0.548. The summed E-state index contributed by atoms with van der Waals surface area (Å²) in [5, 5.41) is 0. The highest BCUT2D eigenvalue weighted by Crippen LogP contribution is 2.31. The van der Waals surface area contributed by atoms with Gasteiger partial charge in [0.05, 0.1) is 0 Å². The molecule has 0 aliphatic heterocycles. The normalized spacial score (nSPS) is 13.0. The first-order chi connectivity index (χ1) is 8.83. The molecule has 0 fully saturated rings. The number of halogens is 1. The molecule has 1 heteroatoms. The summed E-state index contributed by atoms with van der Waals surface area (Å²) in [4.78, 5) is 0. The molecule has 18 heavy (non-hydrogen) atoms. The van der Waals surface area contributed by atoms with Crippen LogP contribution in [-0.4, -0.2) is 0 Å². The highest BCUT2D eigenvalue weighted by atomic mass is 79.9. The van der Waals surface area contributed by atoms with Gasteiger partial charge in [0.1, 0.15) is 0 Å². The minimum atomic E-state index is 1.12. The van der Waals surface area contributed by atoms with Crippen molar-refractivity contribution in [3.63, 3.8) is 0 Å². The zero-order valence-corrected chi connectivity index (χ0v) is 12.9. The lowest BCUT2D eigenvalue weighted by Crippen LogP contribution is -1.95. The predicted octanol–water partition coefficient (Wildman–Crippen LogP) is 5.92. The summed E-state index contributed by atoms with van der Waals surface area (Å²) in [6.07, 6.45) is 15.2. The fraction of sp³-hybridized carbons (Fsp3) is 0.529. The minimum Gasteiger partial charge on any atom is -0.0795 e. The van der Waals surface area contributed by atoms with Crippen LogP contribution in [-0.2, 0) is 12.8 Å². The Morgan fingerprint density at radius 3 is 2.67 bits per heavy atom. The van der Waals surface area contributed by atoms with E-state index >= 15 is 0 Å². The molecule has 0 heterocycles. The number of unbranched alkanes of at least 4 members (excludes halogenated alkanes) is 5. The molecule has 0 bridgehead atoms. The summed E-state index contributed by atoms with van der Waals surface area (Å²) in [7, 11) is 0. The molecule has 1 aromatic carbocycles. The van der Waals surface area contributed by atoms with Crippen LogP contribution in [0.1, 0.15) is 62.1 Å². The first-order valence-electron chi connectivity index (χ1n) is 7.29. The largest absolute Gasteiger partial charge is 0.0795 e. The van der Waals surface area contributed by atoms with Gasteiger partial charge in [-0.3, -0.25) is 0 Å². The zero-order chi connectivity index (χ0) is 12.8. The molecule has 0 amide bonds. The van der Waals surface area contributed by atoms with E-state index in [9.17, 15) is 0 Å². The summed E-state index contributed by atoms with van der Waals surface area (Å²) in [6, 6.07) is 4.52. The van der Waals surface area contributed by atoms with E-state index in [0.717, 1.165) is 6.42 Å². The van der Waals surface area contributed by atoms with Crippen molar-refractivity contribution in [1.82, 2.24) is 0 Å². The van der Waals surface area contributed by atoms with Crippen molar-refractivity contribution < 1.29 is 0 Å². The van der Waals surface area contributed by atoms with Crippen molar-refractivity contribution in [2.24, 2.45) is 0 Å². The summed E-state index contributed by atoms with van der Waals surface area (Å²) in [5.74, 6) is 0. The average molecular weight is 307 g/mol. The molecule has 0 radical (unpaired) electrons. The fourth-order valence-corrected chi connectivity index (χ4v) is 3.23. The van der Waals surface area contributed by atoms with Gasteiger partial charge in [-0.05, 0) is 42.0 Å². The SMILES string of the molecule is CCCCCCCCc1ccc(Br)c2c1CC=C2. The van der Waals surface area contributed by atoms with E-state index < -0.39 is 0 Å². The molecule has 1 aliphatic carbocycles. The molecule has 0 spiro atoms. The van der Waals surface area contributed by atoms with Crippen molar-refractivity contribution in [3.05, 3.63) is 39.4 Å². The van der Waals surface area contributed by atoms with E-state index in [4.69, 9.17) is 0 Å². The van der Waals surface area contributed by atoms with Gasteiger partial charge in [0.2, 0.25) is 0 Å². The molecule has 0 aromatic heterocycles. The lowest BCUT2D eigenvalue weighted by Gasteiger charge is -2.10. The molecule has 98 valence electrons. The van der Waals surface area contributed by atoms with Crippen molar-refractivity contribution in [2.45, 2.75) is 58.3 Å². The highest BCUT2D eigenvalue weighted by Gasteiger charge is 2.12. The Bertz CT molecular complexity index is 418. The molecule has 0 N–H and O–H groups in total. The maximum absolute atomic E-state index is 3.64. The molecule has 2 rings (SSSR count). The predicted molar refractivity (Wildman–Crippen MR) is 84.0 cm³/mol. The van der Waals surface area contributed by atoms with Crippen LogP contribution in [0.25, 0.3) is 6.08 Å². The first-order valence-corrected chi connectivity index (χ1v) is 8.09. The number of fused-ring (bicyclic) bond motifs is 1. The second-order valence-electron chi connectivity index (χ2n) is 5.22. The number of allylic oxidation sites excluding steroid dienone is 1. The number of hydrogen-bond acceptors (Lipinski definition) is 0. The van der Waals surface area contributed by atoms with Gasteiger partial charge in [-0.25, -0.2) is 0 Å². The van der Waals surface area contributed by atoms with Crippen LogP contribution >= 0.6 is 15.9 Å². The zero-order valence-electron chi connectivity index (χ0n) is 11.3. The van der Waals surface area contributed by atoms with E-state index in [1.54, 1.807) is 11.1 Å². The number of rotatable bonds is 7. The molecular formula is C17H23Br. The molecular weight excluding hydrogens is 284 g/mol. The van der Waals surface area contributed by atoms with Gasteiger partial charge in [0.25, 0.3) is 0 Å². The van der Waals surface area contributed by atoms with Gasteiger partial charge in [0.15, 0.2) is 0 Å². The Kier molecular flexibility index (Phi) is 5.49. The monoisotopic (exact) mass is 306 g/mol. The third kappa shape index (κ3) is 3.47. The van der Waals surface area contributed by atoms with Crippen LogP contribution in [0.15, 0.2) is 22.7 Å². The van der Waals surface area contributed by atoms with Crippen molar-refractivity contribution in [2.75, 3.05) is 0 Å². The van der Waals surface area contributed by atoms with E-state index in [2.05, 4.69) is 47.1 Å². The van der Waals surface area contributed by atoms with Gasteiger partial charge < -0.3 is 0 Å². The molecule has 0 saturated carbocycles. The van der Waals surface area contributed by atoms with E-state index in [1.807, 2.05) is 0 Å². The van der Waals surface area contributed by atoms with Crippen LogP contribution in [0.4, 0.5) is 0 Å². The fourth-order valence-electron chi connectivity index (χ4n) is 2.73. The summed E-state index contributed by atoms with van der Waals surface area (Å²) in [6.45, 7) is 2.28. The van der Waals surface area contributed by atoms with Crippen LogP contribution in [0.3, 0.4) is 0 Å². The summed E-state index contributed by atoms with van der Waals surface area (Å²) in [5.41, 5.74) is 4.53. The van der Waals surface area contributed by atoms with Crippen molar-refractivity contribution in [1.29, 1.82) is 0 Å². The van der Waals surface area contributed by atoms with Crippen molar-refractivity contribution in [3.8, 4) is 0 Å². The Balaban J connectivity index is 1.82. The van der Waals surface area contributed by atoms with Gasteiger partial charge >= 0.3 is 0 Å². The van der Waals surface area contributed by atoms with Crippen LogP contribution in [0.2, 0.25) is 0 Å². The number of aryl methyl sites for hydroxylation is 1. The van der Waals surface area contributed by atoms with E-state index in [0.29, 0.717) is 0 Å². The van der Waals surface area contributed by atoms with E-state index in [1.165, 1.54) is 55.0 Å². The topological polar surface area (TPSA) is 0 Å². The summed E-state index contributed by atoms with van der Waals surface area (Å²) < 4.78 is 1.25. The molecule has 1 aliphatic rings. The van der Waals surface area contributed by atoms with E-state index in [-0.39, 0.29) is 0 Å². The number of hydrogen-bond donors (Lipinski definition) is 0. The molecule has 0 saturated heterocycles. The molecule has 0 nitrogen and oxygen atoms in total. The van der Waals surface area contributed by atoms with Gasteiger partial charge in [-0.2, -0.15) is 0 Å². The highest BCUT2D eigenvalue weighted by molar-refractivity contribution is 9.10. The van der Waals surface area contributed by atoms with Gasteiger partial charge in [-0.1, -0.05) is 73.2 Å². The van der Waals surface area contributed by atoms with Gasteiger partial charge in [0, 0.05) is 4.47 Å². The lowest BCUT2D eigenvalue weighted by molar-refractivity contribution is 0.607. The Morgan fingerprint density at radius 2 is 1.83 bits per heavy atom. The van der Waals surface area contributed by atoms with Crippen molar-refractivity contribution >= 4 is 22.0 Å². The standard InChI is InChI=1S/C17H23Br/c1-2-3-4-5-6-7-9-14-12-13-17(18)16-11-8-10-15(14)16/h8,11-13H,2-7,9-10H2,1H3. The second-order valence-corrected chi connectivity index (χ2v) is 6.08. The van der Waals surface area contributed by atoms with Crippen LogP contribution in [0, 0.1) is 0 Å². The Morgan fingerprint density at radius 1 is 1.06 bits per heavy atom. The maximum atomic E-state index is 3.64. The Hall–Kier alpha value is -0.560. The Labute approximate surface area is 120 Å². The molecule has 1 aromatic rings. The van der Waals surface area contributed by atoms with Gasteiger partial charge in [-0.15, -0.1) is 0 Å². The second kappa shape index (κ2) is 7.13. The third-order valence-corrected chi connectivity index (χ3v) is 4.50. The summed E-state index contributed by atoms with van der Waals surface area (Å²) >= 11 is 3.64. The lowest BCUT2D eigenvalue weighted by atomic mass is 9.97. The first kappa shape index (κ1) is 13.9. The average Bonchev–Trinajstić information content (AvgIpc) is 2.86. The van der Waals surface area contributed by atoms with Crippen LogP contribution < -0.4 is 0 Å².